The van der Waals surface area contributed by atoms with Crippen LogP contribution in [0.5, 0.6) is 0 Å². The van der Waals surface area contributed by atoms with Crippen LogP contribution in [-0.2, 0) is 4.79 Å². The fourth-order valence-corrected chi connectivity index (χ4v) is 2.62. The summed E-state index contributed by atoms with van der Waals surface area (Å²) in [5, 5.41) is 9.62. The van der Waals surface area contributed by atoms with Gasteiger partial charge in [-0.15, -0.1) is 0 Å². The van der Waals surface area contributed by atoms with Crippen LogP contribution >= 0.6 is 0 Å². The van der Waals surface area contributed by atoms with Crippen LogP contribution in [0.1, 0.15) is 26.2 Å². The highest BCUT2D eigenvalue weighted by Crippen LogP contribution is 2.17. The van der Waals surface area contributed by atoms with Gasteiger partial charge in [-0.3, -0.25) is 9.69 Å². The Hall–Kier alpha value is -0.610. The van der Waals surface area contributed by atoms with Crippen molar-refractivity contribution in [2.75, 3.05) is 32.7 Å². The molecule has 2 rings (SSSR count). The lowest BCUT2D eigenvalue weighted by Gasteiger charge is -2.34. The maximum atomic E-state index is 11.9. The van der Waals surface area contributed by atoms with E-state index in [1.54, 1.807) is 0 Å². The number of aliphatic hydroxyl groups is 1. The van der Waals surface area contributed by atoms with Gasteiger partial charge in [0.25, 0.3) is 0 Å². The largest absolute Gasteiger partial charge is 0.393 e. The Kier molecular flexibility index (Phi) is 3.82. The highest BCUT2D eigenvalue weighted by molar-refractivity contribution is 5.78. The van der Waals surface area contributed by atoms with E-state index in [2.05, 4.69) is 11.8 Å². The van der Waals surface area contributed by atoms with Crippen LogP contribution in [0.2, 0.25) is 0 Å². The quantitative estimate of drug-likeness (QED) is 0.737. The van der Waals surface area contributed by atoms with Crippen molar-refractivity contribution < 1.29 is 9.90 Å². The number of carbonyl (C=O) groups excluding carboxylic acids is 1. The summed E-state index contributed by atoms with van der Waals surface area (Å²) < 4.78 is 0. The van der Waals surface area contributed by atoms with Crippen molar-refractivity contribution in [3.05, 3.63) is 0 Å². The summed E-state index contributed by atoms with van der Waals surface area (Å²) in [7, 11) is 0. The van der Waals surface area contributed by atoms with Crippen molar-refractivity contribution >= 4 is 5.91 Å². The number of rotatable bonds is 2. The lowest BCUT2D eigenvalue weighted by Crippen LogP contribution is -2.46. The smallest absolute Gasteiger partial charge is 0.236 e. The standard InChI is InChI=1S/C12H22N2O2/c1-10-8-13(7-4-11(10)15)9-12(16)14-5-2-3-6-14/h10-11,15H,2-9H2,1H3. The molecule has 1 N–H and O–H groups in total. The molecule has 2 aliphatic heterocycles. The molecule has 0 aliphatic carbocycles. The zero-order valence-corrected chi connectivity index (χ0v) is 10.1. The molecule has 16 heavy (non-hydrogen) atoms. The molecular weight excluding hydrogens is 204 g/mol. The molecule has 2 aliphatic rings. The average Bonchev–Trinajstić information content (AvgIpc) is 2.77. The molecule has 0 aromatic rings. The highest BCUT2D eigenvalue weighted by Gasteiger charge is 2.27. The summed E-state index contributed by atoms with van der Waals surface area (Å²) in [6, 6.07) is 0. The number of nitrogens with zero attached hydrogens (tertiary/aromatic N) is 2. The van der Waals surface area contributed by atoms with E-state index < -0.39 is 0 Å². The van der Waals surface area contributed by atoms with Gasteiger partial charge in [-0.05, 0) is 25.2 Å². The van der Waals surface area contributed by atoms with Crippen LogP contribution in [0.25, 0.3) is 0 Å². The normalized spacial score (nSPS) is 32.0. The minimum absolute atomic E-state index is 0.182. The van der Waals surface area contributed by atoms with Gasteiger partial charge in [0.05, 0.1) is 12.6 Å². The second-order valence-electron chi connectivity index (χ2n) is 5.16. The van der Waals surface area contributed by atoms with E-state index in [4.69, 9.17) is 0 Å². The molecule has 0 radical (unpaired) electrons. The summed E-state index contributed by atoms with van der Waals surface area (Å²) in [4.78, 5) is 16.1. The molecule has 1 amide bonds. The van der Waals surface area contributed by atoms with E-state index in [1.807, 2.05) is 4.90 Å². The van der Waals surface area contributed by atoms with Gasteiger partial charge in [-0.25, -0.2) is 0 Å². The van der Waals surface area contributed by atoms with Crippen molar-refractivity contribution in [2.45, 2.75) is 32.3 Å². The number of amides is 1. The summed E-state index contributed by atoms with van der Waals surface area (Å²) in [6.45, 7) is 6.16. The Bertz CT molecular complexity index is 251. The van der Waals surface area contributed by atoms with E-state index in [1.165, 1.54) is 0 Å². The predicted octanol–water partition coefficient (Wildman–Crippen LogP) is 0.311. The van der Waals surface area contributed by atoms with E-state index in [0.717, 1.165) is 45.4 Å². The number of piperidine rings is 1. The summed E-state index contributed by atoms with van der Waals surface area (Å²) in [5.41, 5.74) is 0. The maximum absolute atomic E-state index is 11.9. The Labute approximate surface area is 97.2 Å². The van der Waals surface area contributed by atoms with Crippen LogP contribution in [0.4, 0.5) is 0 Å². The second kappa shape index (κ2) is 5.15. The molecule has 0 bridgehead atoms. The molecule has 2 fully saturated rings. The van der Waals surface area contributed by atoms with Gasteiger partial charge in [-0.1, -0.05) is 6.92 Å². The van der Waals surface area contributed by atoms with Gasteiger partial charge in [0, 0.05) is 26.2 Å². The number of hydrogen-bond donors (Lipinski definition) is 1. The number of likely N-dealkylation sites (tertiary alicyclic amines) is 2. The van der Waals surface area contributed by atoms with Crippen molar-refractivity contribution in [1.29, 1.82) is 0 Å². The van der Waals surface area contributed by atoms with E-state index in [0.29, 0.717) is 12.5 Å². The molecule has 2 heterocycles. The minimum atomic E-state index is -0.182. The first-order chi connectivity index (χ1) is 7.66. The van der Waals surface area contributed by atoms with Crippen LogP contribution in [-0.4, -0.2) is 59.6 Å². The Morgan fingerprint density at radius 1 is 1.31 bits per heavy atom. The first kappa shape index (κ1) is 11.9. The van der Waals surface area contributed by atoms with Crippen LogP contribution < -0.4 is 0 Å². The Balaban J connectivity index is 1.78. The first-order valence-corrected chi connectivity index (χ1v) is 6.35. The van der Waals surface area contributed by atoms with E-state index >= 15 is 0 Å². The topological polar surface area (TPSA) is 43.8 Å². The zero-order valence-electron chi connectivity index (χ0n) is 10.1. The average molecular weight is 226 g/mol. The molecule has 4 nitrogen and oxygen atoms in total. The molecular formula is C12H22N2O2. The molecule has 92 valence electrons. The fraction of sp³-hybridized carbons (Fsp3) is 0.917. The molecule has 0 saturated carbocycles. The molecule has 0 aromatic heterocycles. The summed E-state index contributed by atoms with van der Waals surface area (Å²) in [6.07, 6.45) is 2.93. The predicted molar refractivity (Wildman–Crippen MR) is 62.0 cm³/mol. The molecule has 0 spiro atoms. The molecule has 4 heteroatoms. The summed E-state index contributed by atoms with van der Waals surface area (Å²) >= 11 is 0. The SMILES string of the molecule is CC1CN(CC(=O)N2CCCC2)CCC1O. The molecule has 2 unspecified atom stereocenters. The monoisotopic (exact) mass is 226 g/mol. The number of aliphatic hydroxyl groups excluding tert-OH is 1. The third kappa shape index (κ3) is 2.74. The van der Waals surface area contributed by atoms with E-state index in [-0.39, 0.29) is 12.0 Å². The van der Waals surface area contributed by atoms with Crippen LogP contribution in [0.15, 0.2) is 0 Å². The third-order valence-electron chi connectivity index (χ3n) is 3.76. The van der Waals surface area contributed by atoms with E-state index in [9.17, 15) is 9.90 Å². The highest BCUT2D eigenvalue weighted by atomic mass is 16.3. The van der Waals surface area contributed by atoms with Crippen LogP contribution in [0, 0.1) is 5.92 Å². The maximum Gasteiger partial charge on any atom is 0.236 e. The lowest BCUT2D eigenvalue weighted by atomic mass is 9.97. The van der Waals surface area contributed by atoms with Crippen molar-refractivity contribution in [3.63, 3.8) is 0 Å². The Morgan fingerprint density at radius 2 is 2.00 bits per heavy atom. The van der Waals surface area contributed by atoms with Gasteiger partial charge < -0.3 is 10.0 Å². The van der Waals surface area contributed by atoms with Gasteiger partial charge in [0.1, 0.15) is 0 Å². The van der Waals surface area contributed by atoms with Crippen LogP contribution in [0.3, 0.4) is 0 Å². The van der Waals surface area contributed by atoms with Gasteiger partial charge in [-0.2, -0.15) is 0 Å². The molecule has 0 aromatic carbocycles. The van der Waals surface area contributed by atoms with Gasteiger partial charge >= 0.3 is 0 Å². The van der Waals surface area contributed by atoms with Gasteiger partial charge in [0.2, 0.25) is 5.91 Å². The number of hydrogen-bond acceptors (Lipinski definition) is 3. The van der Waals surface area contributed by atoms with Gasteiger partial charge in [0.15, 0.2) is 0 Å². The fourth-order valence-electron chi connectivity index (χ4n) is 2.62. The molecule has 2 atom stereocenters. The Morgan fingerprint density at radius 3 is 2.62 bits per heavy atom. The van der Waals surface area contributed by atoms with Crippen molar-refractivity contribution in [3.8, 4) is 0 Å². The van der Waals surface area contributed by atoms with Crippen molar-refractivity contribution in [2.24, 2.45) is 5.92 Å². The summed E-state index contributed by atoms with van der Waals surface area (Å²) in [5.74, 6) is 0.557. The molecule has 2 saturated heterocycles. The lowest BCUT2D eigenvalue weighted by molar-refractivity contribution is -0.132. The first-order valence-electron chi connectivity index (χ1n) is 6.35. The third-order valence-corrected chi connectivity index (χ3v) is 3.76. The number of carbonyl (C=O) groups is 1. The van der Waals surface area contributed by atoms with Crippen molar-refractivity contribution in [1.82, 2.24) is 9.80 Å². The minimum Gasteiger partial charge on any atom is -0.393 e. The zero-order chi connectivity index (χ0) is 11.5. The second-order valence-corrected chi connectivity index (χ2v) is 5.16.